The predicted molar refractivity (Wildman–Crippen MR) is 88.1 cm³/mol. The Labute approximate surface area is 144 Å². The second kappa shape index (κ2) is 8.52. The third-order valence-corrected chi connectivity index (χ3v) is 3.58. The summed E-state index contributed by atoms with van der Waals surface area (Å²) in [6.07, 6.45) is 0. The monoisotopic (exact) mass is 353 g/mol. The van der Waals surface area contributed by atoms with Crippen LogP contribution in [0.2, 0.25) is 5.02 Å². The van der Waals surface area contributed by atoms with Crippen molar-refractivity contribution in [2.24, 2.45) is 0 Å². The van der Waals surface area contributed by atoms with E-state index in [1.54, 1.807) is 24.3 Å². The van der Waals surface area contributed by atoms with Crippen LogP contribution in [0, 0.1) is 5.82 Å². The van der Waals surface area contributed by atoms with Crippen LogP contribution in [-0.4, -0.2) is 24.7 Å². The maximum absolute atomic E-state index is 13.0. The van der Waals surface area contributed by atoms with Crippen LogP contribution in [0.5, 0.6) is 11.5 Å². The minimum absolute atomic E-state index is 0.121. The summed E-state index contributed by atoms with van der Waals surface area (Å²) in [5.74, 6) is -0.291. The highest BCUT2D eigenvalue weighted by Crippen LogP contribution is 2.29. The van der Waals surface area contributed by atoms with E-state index in [1.165, 1.54) is 19.2 Å². The largest absolute Gasteiger partial charge is 0.493 e. The highest BCUT2D eigenvalue weighted by atomic mass is 35.5. The van der Waals surface area contributed by atoms with Gasteiger partial charge in [0.05, 0.1) is 18.7 Å². The SMILES string of the molecule is COc1cc(CNCC(=O)O)ccc1OCc1ccc(F)cc1Cl. The Kier molecular flexibility index (Phi) is 6.40. The number of carbonyl (C=O) groups is 1. The van der Waals surface area contributed by atoms with Gasteiger partial charge < -0.3 is 19.9 Å². The molecule has 0 fully saturated rings. The van der Waals surface area contributed by atoms with E-state index in [2.05, 4.69) is 5.32 Å². The molecule has 0 atom stereocenters. The molecule has 0 radical (unpaired) electrons. The Morgan fingerprint density at radius 2 is 2.04 bits per heavy atom. The van der Waals surface area contributed by atoms with Crippen LogP contribution < -0.4 is 14.8 Å². The zero-order valence-electron chi connectivity index (χ0n) is 13.0. The average molecular weight is 354 g/mol. The average Bonchev–Trinajstić information content (AvgIpc) is 2.54. The molecule has 128 valence electrons. The van der Waals surface area contributed by atoms with Crippen molar-refractivity contribution in [1.29, 1.82) is 0 Å². The molecule has 0 amide bonds. The molecule has 5 nitrogen and oxygen atoms in total. The summed E-state index contributed by atoms with van der Waals surface area (Å²) >= 11 is 5.97. The summed E-state index contributed by atoms with van der Waals surface area (Å²) in [6.45, 7) is 0.447. The molecule has 0 saturated carbocycles. The zero-order valence-corrected chi connectivity index (χ0v) is 13.8. The molecule has 0 aromatic heterocycles. The molecule has 0 aliphatic carbocycles. The Bertz CT molecular complexity index is 724. The number of hydrogen-bond donors (Lipinski definition) is 2. The van der Waals surface area contributed by atoms with E-state index in [0.29, 0.717) is 28.6 Å². The van der Waals surface area contributed by atoms with Crippen molar-refractivity contribution < 1.29 is 23.8 Å². The maximum Gasteiger partial charge on any atom is 0.317 e. The lowest BCUT2D eigenvalue weighted by atomic mass is 10.2. The van der Waals surface area contributed by atoms with Gasteiger partial charge >= 0.3 is 5.97 Å². The van der Waals surface area contributed by atoms with Gasteiger partial charge in [-0.05, 0) is 29.8 Å². The minimum Gasteiger partial charge on any atom is -0.493 e. The number of rotatable bonds is 8. The molecule has 24 heavy (non-hydrogen) atoms. The van der Waals surface area contributed by atoms with E-state index in [4.69, 9.17) is 26.2 Å². The van der Waals surface area contributed by atoms with Crippen LogP contribution in [0.1, 0.15) is 11.1 Å². The third-order valence-electron chi connectivity index (χ3n) is 3.23. The summed E-state index contributed by atoms with van der Waals surface area (Å²) in [5, 5.41) is 11.7. The van der Waals surface area contributed by atoms with Gasteiger partial charge in [0.2, 0.25) is 0 Å². The minimum atomic E-state index is -0.918. The standard InChI is InChI=1S/C17H17ClFNO4/c1-23-16-6-11(8-20-9-17(21)22)2-5-15(16)24-10-12-3-4-13(19)7-14(12)18/h2-7,20H,8-10H2,1H3,(H,21,22). The molecule has 0 saturated heterocycles. The van der Waals surface area contributed by atoms with E-state index in [9.17, 15) is 9.18 Å². The summed E-state index contributed by atoms with van der Waals surface area (Å²) in [4.78, 5) is 10.5. The molecule has 0 aliphatic heterocycles. The molecule has 0 aliphatic rings. The van der Waals surface area contributed by atoms with Gasteiger partial charge in [-0.25, -0.2) is 4.39 Å². The number of aliphatic carboxylic acids is 1. The van der Waals surface area contributed by atoms with Crippen LogP contribution in [0.4, 0.5) is 4.39 Å². The molecule has 2 aromatic rings. The molecule has 0 spiro atoms. The van der Waals surface area contributed by atoms with E-state index in [0.717, 1.165) is 5.56 Å². The smallest absolute Gasteiger partial charge is 0.317 e. The van der Waals surface area contributed by atoms with Gasteiger partial charge in [-0.15, -0.1) is 0 Å². The predicted octanol–water partition coefficient (Wildman–Crippen LogP) is 3.24. The summed E-state index contributed by atoms with van der Waals surface area (Å²) in [6, 6.07) is 9.41. The van der Waals surface area contributed by atoms with Crippen molar-refractivity contribution in [3.05, 3.63) is 58.4 Å². The normalized spacial score (nSPS) is 10.5. The second-order valence-corrected chi connectivity index (χ2v) is 5.41. The molecule has 2 rings (SSSR count). The first-order valence-electron chi connectivity index (χ1n) is 7.15. The highest BCUT2D eigenvalue weighted by molar-refractivity contribution is 6.31. The van der Waals surface area contributed by atoms with Gasteiger partial charge in [0, 0.05) is 12.1 Å². The summed E-state index contributed by atoms with van der Waals surface area (Å²) in [5.41, 5.74) is 1.52. The first-order valence-corrected chi connectivity index (χ1v) is 7.53. The Morgan fingerprint density at radius 1 is 1.25 bits per heavy atom. The fourth-order valence-electron chi connectivity index (χ4n) is 2.05. The van der Waals surface area contributed by atoms with Crippen molar-refractivity contribution in [1.82, 2.24) is 5.32 Å². The van der Waals surface area contributed by atoms with Crippen LogP contribution in [0.15, 0.2) is 36.4 Å². The fraction of sp³-hybridized carbons (Fsp3) is 0.235. The molecule has 2 N–H and O–H groups in total. The van der Waals surface area contributed by atoms with E-state index in [-0.39, 0.29) is 13.2 Å². The number of benzene rings is 2. The van der Waals surface area contributed by atoms with Gasteiger partial charge in [0.25, 0.3) is 0 Å². The number of halogens is 2. The molecule has 2 aromatic carbocycles. The van der Waals surface area contributed by atoms with Crippen molar-refractivity contribution in [3.8, 4) is 11.5 Å². The Morgan fingerprint density at radius 3 is 2.71 bits per heavy atom. The molecular weight excluding hydrogens is 337 g/mol. The fourth-order valence-corrected chi connectivity index (χ4v) is 2.27. The van der Waals surface area contributed by atoms with E-state index >= 15 is 0 Å². The topological polar surface area (TPSA) is 67.8 Å². The van der Waals surface area contributed by atoms with Crippen molar-refractivity contribution in [2.45, 2.75) is 13.2 Å². The number of hydrogen-bond acceptors (Lipinski definition) is 4. The lowest BCUT2D eigenvalue weighted by Gasteiger charge is -2.13. The summed E-state index contributed by atoms with van der Waals surface area (Å²) < 4.78 is 24.0. The van der Waals surface area contributed by atoms with E-state index < -0.39 is 11.8 Å². The first kappa shape index (κ1) is 18.0. The Hall–Kier alpha value is -2.31. The molecule has 7 heteroatoms. The second-order valence-electron chi connectivity index (χ2n) is 5.01. The summed E-state index contributed by atoms with van der Waals surface area (Å²) in [7, 11) is 1.52. The number of nitrogens with one attached hydrogen (secondary N) is 1. The van der Waals surface area contributed by atoms with E-state index in [1.807, 2.05) is 0 Å². The quantitative estimate of drug-likeness (QED) is 0.762. The van der Waals surface area contributed by atoms with Crippen LogP contribution >= 0.6 is 11.6 Å². The number of ether oxygens (including phenoxy) is 2. The van der Waals surface area contributed by atoms with Crippen LogP contribution in [0.3, 0.4) is 0 Å². The van der Waals surface area contributed by atoms with Gasteiger partial charge in [0.1, 0.15) is 12.4 Å². The van der Waals surface area contributed by atoms with Crippen LogP contribution in [-0.2, 0) is 17.9 Å². The zero-order chi connectivity index (χ0) is 17.5. The lowest BCUT2D eigenvalue weighted by Crippen LogP contribution is -2.21. The first-order chi connectivity index (χ1) is 11.5. The van der Waals surface area contributed by atoms with Crippen LogP contribution in [0.25, 0.3) is 0 Å². The molecular formula is C17H17ClFNO4. The highest BCUT2D eigenvalue weighted by Gasteiger charge is 2.08. The number of carboxylic acid groups (broad SMARTS) is 1. The van der Waals surface area contributed by atoms with Gasteiger partial charge in [-0.3, -0.25) is 4.79 Å². The maximum atomic E-state index is 13.0. The molecule has 0 heterocycles. The Balaban J connectivity index is 2.03. The van der Waals surface area contributed by atoms with Crippen molar-refractivity contribution in [2.75, 3.05) is 13.7 Å². The number of methoxy groups -OCH3 is 1. The molecule has 0 unspecified atom stereocenters. The van der Waals surface area contributed by atoms with Gasteiger partial charge in [0.15, 0.2) is 11.5 Å². The van der Waals surface area contributed by atoms with Crippen molar-refractivity contribution in [3.63, 3.8) is 0 Å². The van der Waals surface area contributed by atoms with Gasteiger partial charge in [-0.2, -0.15) is 0 Å². The van der Waals surface area contributed by atoms with Gasteiger partial charge in [-0.1, -0.05) is 23.7 Å². The van der Waals surface area contributed by atoms with Crippen molar-refractivity contribution >= 4 is 17.6 Å². The third kappa shape index (κ3) is 5.11. The number of carboxylic acids is 1. The lowest BCUT2D eigenvalue weighted by molar-refractivity contribution is -0.135. The molecule has 0 bridgehead atoms.